The van der Waals surface area contributed by atoms with Gasteiger partial charge in [-0.05, 0) is 24.8 Å². The predicted octanol–water partition coefficient (Wildman–Crippen LogP) is 4.42. The Balaban J connectivity index is 2.69. The van der Waals surface area contributed by atoms with Crippen LogP contribution in [0.25, 0.3) is 0 Å². The highest BCUT2D eigenvalue weighted by molar-refractivity contribution is 5.28. The zero-order valence-electron chi connectivity index (χ0n) is 12.1. The summed E-state index contributed by atoms with van der Waals surface area (Å²) in [5.74, 6) is 2.60. The number of nitrogens with zero attached hydrogens (tertiary/aromatic N) is 1. The molecule has 18 heavy (non-hydrogen) atoms. The van der Waals surface area contributed by atoms with E-state index >= 15 is 0 Å². The molecule has 0 aliphatic carbocycles. The fourth-order valence-corrected chi connectivity index (χ4v) is 2.59. The Morgan fingerprint density at radius 2 is 2.00 bits per heavy atom. The fraction of sp³-hybridized carbons (Fsp3) is 0.688. The first-order valence-corrected chi connectivity index (χ1v) is 7.18. The molecule has 0 spiro atoms. The number of aromatic nitrogens is 2. The summed E-state index contributed by atoms with van der Waals surface area (Å²) in [4.78, 5) is 0. The van der Waals surface area contributed by atoms with Crippen LogP contribution in [-0.4, -0.2) is 10.2 Å². The minimum Gasteiger partial charge on any atom is -0.281 e. The van der Waals surface area contributed by atoms with Crippen molar-refractivity contribution in [2.75, 3.05) is 0 Å². The molecule has 0 aromatic carbocycles. The monoisotopic (exact) mass is 246 g/mol. The fourth-order valence-electron chi connectivity index (χ4n) is 2.59. The Bertz CT molecular complexity index is 386. The quantitative estimate of drug-likeness (QED) is 0.534. The molecule has 0 radical (unpaired) electrons. The first kappa shape index (κ1) is 14.8. The van der Waals surface area contributed by atoms with Gasteiger partial charge >= 0.3 is 0 Å². The van der Waals surface area contributed by atoms with Crippen LogP contribution in [0.2, 0.25) is 0 Å². The van der Waals surface area contributed by atoms with E-state index in [1.54, 1.807) is 0 Å². The van der Waals surface area contributed by atoms with Gasteiger partial charge in [0.15, 0.2) is 0 Å². The summed E-state index contributed by atoms with van der Waals surface area (Å²) in [7, 11) is 0. The number of H-pyrrole nitrogens is 1. The van der Waals surface area contributed by atoms with Crippen LogP contribution < -0.4 is 0 Å². The van der Waals surface area contributed by atoms with Gasteiger partial charge in [-0.1, -0.05) is 52.9 Å². The first-order valence-electron chi connectivity index (χ1n) is 7.18. The van der Waals surface area contributed by atoms with Gasteiger partial charge in [0.05, 0.1) is 0 Å². The third-order valence-electron chi connectivity index (χ3n) is 3.76. The lowest BCUT2D eigenvalue weighted by atomic mass is 9.77. The molecule has 0 amide bonds. The molecule has 1 atom stereocenters. The summed E-state index contributed by atoms with van der Waals surface area (Å²) >= 11 is 0. The van der Waals surface area contributed by atoms with Crippen LogP contribution >= 0.6 is 0 Å². The minimum absolute atomic E-state index is 0.199. The standard InChI is InChI=1S/C16H26N2/c1-5-8-9-10-12-16(4,11-6-2)15-13-14(7-3)17-18-15/h3,13H,5-6,8-12H2,1-2,4H3,(H,17,18). The van der Waals surface area contributed by atoms with E-state index in [0.717, 1.165) is 5.69 Å². The summed E-state index contributed by atoms with van der Waals surface area (Å²) in [6.07, 6.45) is 14.2. The Morgan fingerprint density at radius 1 is 1.22 bits per heavy atom. The molecule has 0 fully saturated rings. The van der Waals surface area contributed by atoms with Crippen molar-refractivity contribution in [2.45, 2.75) is 71.1 Å². The number of rotatable bonds is 8. The van der Waals surface area contributed by atoms with Gasteiger partial charge in [-0.3, -0.25) is 5.10 Å². The van der Waals surface area contributed by atoms with Crippen molar-refractivity contribution in [1.82, 2.24) is 10.2 Å². The van der Waals surface area contributed by atoms with Crippen LogP contribution in [-0.2, 0) is 5.41 Å². The lowest BCUT2D eigenvalue weighted by Gasteiger charge is -2.28. The molecule has 0 aliphatic rings. The Morgan fingerprint density at radius 3 is 2.56 bits per heavy atom. The SMILES string of the molecule is C#Cc1cc(C(C)(CCC)CCCCCC)[nH]n1. The molecule has 0 aliphatic heterocycles. The van der Waals surface area contributed by atoms with Crippen molar-refractivity contribution < 1.29 is 0 Å². The summed E-state index contributed by atoms with van der Waals surface area (Å²) < 4.78 is 0. The van der Waals surface area contributed by atoms with Crippen LogP contribution in [0.15, 0.2) is 6.07 Å². The van der Waals surface area contributed by atoms with Crippen LogP contribution in [0.1, 0.15) is 77.1 Å². The van der Waals surface area contributed by atoms with Crippen molar-refractivity contribution in [3.63, 3.8) is 0 Å². The molecule has 1 unspecified atom stereocenters. The van der Waals surface area contributed by atoms with Crippen LogP contribution in [0.4, 0.5) is 0 Å². The van der Waals surface area contributed by atoms with Crippen molar-refractivity contribution >= 4 is 0 Å². The highest BCUT2D eigenvalue weighted by atomic mass is 15.1. The third-order valence-corrected chi connectivity index (χ3v) is 3.76. The number of hydrogen-bond donors (Lipinski definition) is 1. The van der Waals surface area contributed by atoms with Crippen LogP contribution in [0.5, 0.6) is 0 Å². The van der Waals surface area contributed by atoms with Gasteiger partial charge in [-0.15, -0.1) is 6.42 Å². The number of unbranched alkanes of at least 4 members (excludes halogenated alkanes) is 3. The highest BCUT2D eigenvalue weighted by Crippen LogP contribution is 2.33. The van der Waals surface area contributed by atoms with Gasteiger partial charge in [0.2, 0.25) is 0 Å². The van der Waals surface area contributed by atoms with E-state index in [1.165, 1.54) is 50.6 Å². The Hall–Kier alpha value is -1.23. The zero-order chi connectivity index (χ0) is 13.4. The second kappa shape index (κ2) is 7.26. The molecule has 1 rings (SSSR count). The molecule has 0 saturated carbocycles. The molecule has 100 valence electrons. The van der Waals surface area contributed by atoms with Crippen LogP contribution in [0, 0.1) is 12.3 Å². The predicted molar refractivity (Wildman–Crippen MR) is 77.5 cm³/mol. The van der Waals surface area contributed by atoms with Gasteiger partial charge in [-0.2, -0.15) is 5.10 Å². The molecule has 1 aromatic heterocycles. The Labute approximate surface area is 112 Å². The number of terminal acetylenes is 1. The molecule has 1 aromatic rings. The molecule has 2 heteroatoms. The maximum Gasteiger partial charge on any atom is 0.135 e. The zero-order valence-corrected chi connectivity index (χ0v) is 12.1. The van der Waals surface area contributed by atoms with Crippen molar-refractivity contribution in [1.29, 1.82) is 0 Å². The minimum atomic E-state index is 0.199. The second-order valence-electron chi connectivity index (χ2n) is 5.43. The maximum absolute atomic E-state index is 5.39. The molecule has 0 saturated heterocycles. The molecular weight excluding hydrogens is 220 g/mol. The van der Waals surface area contributed by atoms with E-state index in [9.17, 15) is 0 Å². The topological polar surface area (TPSA) is 28.7 Å². The van der Waals surface area contributed by atoms with E-state index in [4.69, 9.17) is 6.42 Å². The highest BCUT2D eigenvalue weighted by Gasteiger charge is 2.27. The molecule has 1 N–H and O–H groups in total. The second-order valence-corrected chi connectivity index (χ2v) is 5.43. The number of hydrogen-bond acceptors (Lipinski definition) is 1. The van der Waals surface area contributed by atoms with Crippen molar-refractivity contribution in [3.05, 3.63) is 17.5 Å². The van der Waals surface area contributed by atoms with E-state index in [1.807, 2.05) is 6.07 Å². The summed E-state index contributed by atoms with van der Waals surface area (Å²) in [5.41, 5.74) is 2.12. The van der Waals surface area contributed by atoms with E-state index < -0.39 is 0 Å². The van der Waals surface area contributed by atoms with Gasteiger partial charge in [0.25, 0.3) is 0 Å². The molecule has 1 heterocycles. The van der Waals surface area contributed by atoms with Crippen molar-refractivity contribution in [3.8, 4) is 12.3 Å². The Kier molecular flexibility index (Phi) is 5.98. The van der Waals surface area contributed by atoms with Gasteiger partial charge in [0.1, 0.15) is 5.69 Å². The van der Waals surface area contributed by atoms with Gasteiger partial charge in [-0.25, -0.2) is 0 Å². The lowest BCUT2D eigenvalue weighted by Crippen LogP contribution is -2.22. The molecule has 0 bridgehead atoms. The average molecular weight is 246 g/mol. The molecule has 2 nitrogen and oxygen atoms in total. The van der Waals surface area contributed by atoms with E-state index in [-0.39, 0.29) is 5.41 Å². The summed E-state index contributed by atoms with van der Waals surface area (Å²) in [6, 6.07) is 2.04. The first-order chi connectivity index (χ1) is 8.66. The number of nitrogens with one attached hydrogen (secondary N) is 1. The molecular formula is C16H26N2. The third kappa shape index (κ3) is 3.91. The summed E-state index contributed by atoms with van der Waals surface area (Å²) in [6.45, 7) is 6.82. The van der Waals surface area contributed by atoms with Gasteiger partial charge in [0, 0.05) is 11.1 Å². The lowest BCUT2D eigenvalue weighted by molar-refractivity contribution is 0.367. The number of aromatic amines is 1. The van der Waals surface area contributed by atoms with Crippen LogP contribution in [0.3, 0.4) is 0 Å². The van der Waals surface area contributed by atoms with E-state index in [2.05, 4.69) is 36.9 Å². The largest absolute Gasteiger partial charge is 0.281 e. The summed E-state index contributed by atoms with van der Waals surface area (Å²) in [5, 5.41) is 7.30. The average Bonchev–Trinajstić information content (AvgIpc) is 2.84. The normalized spacial score (nSPS) is 14.1. The maximum atomic E-state index is 5.39. The van der Waals surface area contributed by atoms with Crippen molar-refractivity contribution in [2.24, 2.45) is 0 Å². The van der Waals surface area contributed by atoms with Gasteiger partial charge < -0.3 is 0 Å². The smallest absolute Gasteiger partial charge is 0.135 e. The van der Waals surface area contributed by atoms with E-state index in [0.29, 0.717) is 0 Å².